The van der Waals surface area contributed by atoms with Gasteiger partial charge in [-0.25, -0.2) is 0 Å². The summed E-state index contributed by atoms with van der Waals surface area (Å²) in [6.45, 7) is 2.27. The number of rotatable bonds is 1. The van der Waals surface area contributed by atoms with Crippen molar-refractivity contribution in [3.63, 3.8) is 0 Å². The van der Waals surface area contributed by atoms with Gasteiger partial charge in [0.2, 0.25) is 0 Å². The summed E-state index contributed by atoms with van der Waals surface area (Å²) >= 11 is 0. The highest BCUT2D eigenvalue weighted by molar-refractivity contribution is 5.61. The molecule has 2 fully saturated rings. The van der Waals surface area contributed by atoms with Crippen molar-refractivity contribution in [2.75, 3.05) is 0 Å². The molecule has 2 rings (SSSR count). The monoisotopic (exact) mass is 138 g/mol. The number of hydrogen-bond donors (Lipinski definition) is 0. The topological polar surface area (TPSA) is 17.1 Å². The lowest BCUT2D eigenvalue weighted by atomic mass is 9.90. The van der Waals surface area contributed by atoms with Gasteiger partial charge < -0.3 is 4.79 Å². The first-order chi connectivity index (χ1) is 4.79. The first-order valence-corrected chi connectivity index (χ1v) is 4.24. The van der Waals surface area contributed by atoms with Crippen LogP contribution >= 0.6 is 0 Å². The molecule has 0 aromatic rings. The second kappa shape index (κ2) is 1.84. The van der Waals surface area contributed by atoms with Crippen LogP contribution in [0.3, 0.4) is 0 Å². The van der Waals surface area contributed by atoms with Crippen molar-refractivity contribution >= 4 is 6.29 Å². The Hall–Kier alpha value is -0.330. The van der Waals surface area contributed by atoms with Crippen LogP contribution in [0.5, 0.6) is 0 Å². The van der Waals surface area contributed by atoms with Crippen molar-refractivity contribution in [1.82, 2.24) is 0 Å². The molecule has 0 spiro atoms. The summed E-state index contributed by atoms with van der Waals surface area (Å²) in [5.41, 5.74) is 0.444. The zero-order chi connectivity index (χ0) is 7.19. The largest absolute Gasteiger partial charge is 0.303 e. The second-order valence-electron chi connectivity index (χ2n) is 4.02. The van der Waals surface area contributed by atoms with E-state index in [1.165, 1.54) is 32.0 Å². The normalized spacial score (nSPS) is 51.7. The minimum Gasteiger partial charge on any atom is -0.303 e. The molecular formula is C9H14O. The van der Waals surface area contributed by atoms with Gasteiger partial charge in [0.15, 0.2) is 0 Å². The Morgan fingerprint density at radius 3 is 2.80 bits per heavy atom. The maximum absolute atomic E-state index is 10.5. The first-order valence-electron chi connectivity index (χ1n) is 4.24. The number of fused-ring (bicyclic) bond motifs is 1. The Kier molecular flexibility index (Phi) is 1.17. The molecule has 0 heterocycles. The smallest absolute Gasteiger partial charge is 0.123 e. The summed E-state index contributed by atoms with van der Waals surface area (Å²) in [7, 11) is 0. The third-order valence-corrected chi connectivity index (χ3v) is 3.56. The van der Waals surface area contributed by atoms with Crippen LogP contribution in [0, 0.1) is 17.3 Å². The second-order valence-corrected chi connectivity index (χ2v) is 4.02. The van der Waals surface area contributed by atoms with Gasteiger partial charge in [0.1, 0.15) is 6.29 Å². The van der Waals surface area contributed by atoms with Gasteiger partial charge in [-0.1, -0.05) is 19.8 Å². The molecule has 0 saturated heterocycles. The van der Waals surface area contributed by atoms with Crippen molar-refractivity contribution in [1.29, 1.82) is 0 Å². The van der Waals surface area contributed by atoms with Crippen LogP contribution in [-0.2, 0) is 4.79 Å². The standard InChI is InChI=1S/C9H14O/c1-9-5-3-2-4-7(9)8(9)6-10/h6-8H,2-5H2,1H3. The van der Waals surface area contributed by atoms with Gasteiger partial charge >= 0.3 is 0 Å². The molecule has 1 heteroatoms. The van der Waals surface area contributed by atoms with E-state index in [4.69, 9.17) is 0 Å². The van der Waals surface area contributed by atoms with Crippen LogP contribution in [-0.4, -0.2) is 6.29 Å². The fourth-order valence-electron chi connectivity index (χ4n) is 2.68. The highest BCUT2D eigenvalue weighted by Gasteiger charge is 2.60. The summed E-state index contributed by atoms with van der Waals surface area (Å²) in [4.78, 5) is 10.5. The van der Waals surface area contributed by atoms with Gasteiger partial charge in [-0.05, 0) is 24.2 Å². The van der Waals surface area contributed by atoms with Gasteiger partial charge in [-0.15, -0.1) is 0 Å². The minimum absolute atomic E-state index is 0.426. The fourth-order valence-corrected chi connectivity index (χ4v) is 2.68. The molecule has 0 radical (unpaired) electrons. The molecule has 0 amide bonds. The van der Waals surface area contributed by atoms with E-state index in [2.05, 4.69) is 6.92 Å². The Balaban J connectivity index is 2.11. The van der Waals surface area contributed by atoms with Crippen LogP contribution in [0.1, 0.15) is 32.6 Å². The van der Waals surface area contributed by atoms with Crippen LogP contribution in [0.2, 0.25) is 0 Å². The number of carbonyl (C=O) groups excluding carboxylic acids is 1. The molecule has 2 saturated carbocycles. The Labute approximate surface area is 61.8 Å². The van der Waals surface area contributed by atoms with Crippen LogP contribution in [0.15, 0.2) is 0 Å². The van der Waals surface area contributed by atoms with Gasteiger partial charge in [0.25, 0.3) is 0 Å². The predicted octanol–water partition coefficient (Wildman–Crippen LogP) is 2.01. The summed E-state index contributed by atoms with van der Waals surface area (Å²) in [5.74, 6) is 1.19. The van der Waals surface area contributed by atoms with E-state index in [1.807, 2.05) is 0 Å². The summed E-state index contributed by atoms with van der Waals surface area (Å²) < 4.78 is 0. The molecule has 56 valence electrons. The summed E-state index contributed by atoms with van der Waals surface area (Å²) in [6.07, 6.45) is 6.47. The molecule has 2 aliphatic rings. The van der Waals surface area contributed by atoms with Crippen molar-refractivity contribution < 1.29 is 4.79 Å². The summed E-state index contributed by atoms with van der Waals surface area (Å²) in [6, 6.07) is 0. The quantitative estimate of drug-likeness (QED) is 0.506. The van der Waals surface area contributed by atoms with Crippen molar-refractivity contribution in [3.8, 4) is 0 Å². The maximum Gasteiger partial charge on any atom is 0.123 e. The van der Waals surface area contributed by atoms with Gasteiger partial charge in [0, 0.05) is 5.92 Å². The SMILES string of the molecule is CC12CCCCC1C2C=O. The van der Waals surface area contributed by atoms with E-state index in [9.17, 15) is 4.79 Å². The Morgan fingerprint density at radius 1 is 1.50 bits per heavy atom. The number of carbonyl (C=O) groups is 1. The fraction of sp³-hybridized carbons (Fsp3) is 0.889. The lowest BCUT2D eigenvalue weighted by molar-refractivity contribution is -0.109. The Morgan fingerprint density at radius 2 is 2.30 bits per heavy atom. The molecule has 1 nitrogen and oxygen atoms in total. The molecule has 2 aliphatic carbocycles. The molecule has 0 aromatic heterocycles. The van der Waals surface area contributed by atoms with Crippen molar-refractivity contribution in [2.24, 2.45) is 17.3 Å². The van der Waals surface area contributed by atoms with Gasteiger partial charge in [-0.2, -0.15) is 0 Å². The average Bonchev–Trinajstić information content (AvgIpc) is 2.54. The van der Waals surface area contributed by atoms with E-state index in [1.54, 1.807) is 0 Å². The molecule has 0 aliphatic heterocycles. The molecule has 0 bridgehead atoms. The zero-order valence-corrected chi connectivity index (χ0v) is 6.47. The lowest BCUT2D eigenvalue weighted by Crippen LogP contribution is -2.04. The molecule has 10 heavy (non-hydrogen) atoms. The number of aldehydes is 1. The molecule has 3 unspecified atom stereocenters. The van der Waals surface area contributed by atoms with Gasteiger partial charge in [-0.3, -0.25) is 0 Å². The third-order valence-electron chi connectivity index (χ3n) is 3.56. The predicted molar refractivity (Wildman–Crippen MR) is 39.6 cm³/mol. The molecular weight excluding hydrogens is 124 g/mol. The van der Waals surface area contributed by atoms with Crippen LogP contribution < -0.4 is 0 Å². The van der Waals surface area contributed by atoms with E-state index in [0.29, 0.717) is 11.3 Å². The average molecular weight is 138 g/mol. The van der Waals surface area contributed by atoms with Crippen molar-refractivity contribution in [3.05, 3.63) is 0 Å². The molecule has 0 aromatic carbocycles. The Bertz CT molecular complexity index is 164. The van der Waals surface area contributed by atoms with E-state index >= 15 is 0 Å². The van der Waals surface area contributed by atoms with Crippen molar-refractivity contribution in [2.45, 2.75) is 32.6 Å². The molecule has 0 N–H and O–H groups in total. The van der Waals surface area contributed by atoms with Gasteiger partial charge in [0.05, 0.1) is 0 Å². The third kappa shape index (κ3) is 0.609. The minimum atomic E-state index is 0.426. The van der Waals surface area contributed by atoms with Crippen LogP contribution in [0.4, 0.5) is 0 Å². The zero-order valence-electron chi connectivity index (χ0n) is 6.47. The lowest BCUT2D eigenvalue weighted by Gasteiger charge is -2.15. The maximum atomic E-state index is 10.5. The summed E-state index contributed by atoms with van der Waals surface area (Å²) in [5, 5.41) is 0. The molecule has 3 atom stereocenters. The number of hydrogen-bond acceptors (Lipinski definition) is 1. The highest BCUT2D eigenvalue weighted by Crippen LogP contribution is 2.64. The van der Waals surface area contributed by atoms with E-state index in [-0.39, 0.29) is 0 Å². The highest BCUT2D eigenvalue weighted by atomic mass is 16.1. The van der Waals surface area contributed by atoms with Crippen LogP contribution in [0.25, 0.3) is 0 Å². The first kappa shape index (κ1) is 6.38. The van der Waals surface area contributed by atoms with E-state index in [0.717, 1.165) is 5.92 Å². The van der Waals surface area contributed by atoms with E-state index < -0.39 is 0 Å².